The zero-order chi connectivity index (χ0) is 15.7. The van der Waals surface area contributed by atoms with Crippen LogP contribution >= 0.6 is 0 Å². The molecule has 0 aliphatic carbocycles. The summed E-state index contributed by atoms with van der Waals surface area (Å²) in [5.74, 6) is -0.759. The smallest absolute Gasteiger partial charge is 0.303 e. The molecule has 1 aromatic rings. The highest BCUT2D eigenvalue weighted by atomic mass is 16.4. The van der Waals surface area contributed by atoms with Crippen molar-refractivity contribution in [2.24, 2.45) is 0 Å². The van der Waals surface area contributed by atoms with Crippen LogP contribution in [0.15, 0.2) is 18.2 Å². The SMILES string of the molecule is O=C(O)CCCCCNCC(O)c1ccc(O)c(CO)c1. The van der Waals surface area contributed by atoms with Gasteiger partial charge in [-0.05, 0) is 37.1 Å². The number of hydrogen-bond acceptors (Lipinski definition) is 5. The van der Waals surface area contributed by atoms with Crippen LogP contribution in [0.1, 0.15) is 42.9 Å². The lowest BCUT2D eigenvalue weighted by Gasteiger charge is -2.13. The lowest BCUT2D eigenvalue weighted by atomic mass is 10.1. The Morgan fingerprint density at radius 1 is 1.24 bits per heavy atom. The molecule has 1 aromatic carbocycles. The van der Waals surface area contributed by atoms with E-state index >= 15 is 0 Å². The number of phenols is 1. The van der Waals surface area contributed by atoms with Gasteiger partial charge in [0.15, 0.2) is 0 Å². The van der Waals surface area contributed by atoms with E-state index in [9.17, 15) is 15.0 Å². The second-order valence-electron chi connectivity index (χ2n) is 4.97. The van der Waals surface area contributed by atoms with Crippen molar-refractivity contribution < 1.29 is 25.2 Å². The van der Waals surface area contributed by atoms with Crippen molar-refractivity contribution in [2.45, 2.75) is 38.4 Å². The molecular formula is C15H23NO5. The third-order valence-corrected chi connectivity index (χ3v) is 3.24. The number of nitrogens with one attached hydrogen (secondary N) is 1. The minimum Gasteiger partial charge on any atom is -0.508 e. The Bertz CT molecular complexity index is 450. The Morgan fingerprint density at radius 3 is 2.67 bits per heavy atom. The Kier molecular flexibility index (Phi) is 7.74. The van der Waals surface area contributed by atoms with Crippen molar-refractivity contribution in [3.63, 3.8) is 0 Å². The second kappa shape index (κ2) is 9.33. The van der Waals surface area contributed by atoms with Crippen molar-refractivity contribution in [3.05, 3.63) is 29.3 Å². The predicted molar refractivity (Wildman–Crippen MR) is 78.0 cm³/mol. The van der Waals surface area contributed by atoms with Gasteiger partial charge < -0.3 is 25.7 Å². The van der Waals surface area contributed by atoms with Gasteiger partial charge in [-0.15, -0.1) is 0 Å². The molecule has 0 saturated carbocycles. The molecule has 6 nitrogen and oxygen atoms in total. The standard InChI is InChI=1S/C15H23NO5/c17-10-12-8-11(5-6-13(12)18)14(19)9-16-7-3-1-2-4-15(20)21/h5-6,8,14,16-19H,1-4,7,9-10H2,(H,20,21). The van der Waals surface area contributed by atoms with Crippen molar-refractivity contribution in [1.82, 2.24) is 5.32 Å². The van der Waals surface area contributed by atoms with Gasteiger partial charge in [-0.3, -0.25) is 4.79 Å². The number of carboxylic acids is 1. The van der Waals surface area contributed by atoms with Crippen LogP contribution in [0.4, 0.5) is 0 Å². The quantitative estimate of drug-likeness (QED) is 0.414. The highest BCUT2D eigenvalue weighted by Crippen LogP contribution is 2.22. The Hall–Kier alpha value is -1.63. The van der Waals surface area contributed by atoms with Crippen LogP contribution in [0.2, 0.25) is 0 Å². The van der Waals surface area contributed by atoms with E-state index in [0.717, 1.165) is 12.8 Å². The summed E-state index contributed by atoms with van der Waals surface area (Å²) in [6, 6.07) is 4.65. The average Bonchev–Trinajstić information content (AvgIpc) is 2.46. The molecule has 0 saturated heterocycles. The van der Waals surface area contributed by atoms with Crippen molar-refractivity contribution in [2.75, 3.05) is 13.1 Å². The molecule has 0 radical (unpaired) electrons. The Balaban J connectivity index is 2.24. The zero-order valence-corrected chi connectivity index (χ0v) is 12.0. The molecule has 1 rings (SSSR count). The number of aliphatic carboxylic acids is 1. The van der Waals surface area contributed by atoms with Crippen molar-refractivity contribution in [3.8, 4) is 5.75 Å². The number of benzene rings is 1. The number of aromatic hydroxyl groups is 1. The molecule has 21 heavy (non-hydrogen) atoms. The molecule has 1 unspecified atom stereocenters. The van der Waals surface area contributed by atoms with Gasteiger partial charge >= 0.3 is 5.97 Å². The average molecular weight is 297 g/mol. The first-order valence-electron chi connectivity index (χ1n) is 7.07. The summed E-state index contributed by atoms with van der Waals surface area (Å²) in [4.78, 5) is 10.3. The van der Waals surface area contributed by atoms with E-state index in [1.54, 1.807) is 12.1 Å². The fourth-order valence-electron chi connectivity index (χ4n) is 2.00. The molecule has 5 N–H and O–H groups in total. The van der Waals surface area contributed by atoms with Gasteiger partial charge in [0.05, 0.1) is 12.7 Å². The van der Waals surface area contributed by atoms with Crippen LogP contribution in [-0.4, -0.2) is 39.5 Å². The fourth-order valence-corrected chi connectivity index (χ4v) is 2.00. The Labute approximate surface area is 124 Å². The molecule has 0 aliphatic rings. The summed E-state index contributed by atoms with van der Waals surface area (Å²) >= 11 is 0. The van der Waals surface area contributed by atoms with E-state index in [4.69, 9.17) is 10.2 Å². The minimum absolute atomic E-state index is 0.0137. The lowest BCUT2D eigenvalue weighted by molar-refractivity contribution is -0.137. The molecule has 0 aliphatic heterocycles. The molecule has 0 aromatic heterocycles. The third kappa shape index (κ3) is 6.57. The number of rotatable bonds is 10. The maximum absolute atomic E-state index is 10.3. The van der Waals surface area contributed by atoms with Crippen LogP contribution in [0, 0.1) is 0 Å². The zero-order valence-electron chi connectivity index (χ0n) is 12.0. The van der Waals surface area contributed by atoms with Gasteiger partial charge in [-0.1, -0.05) is 12.5 Å². The van der Waals surface area contributed by atoms with E-state index in [1.165, 1.54) is 6.07 Å². The lowest BCUT2D eigenvalue weighted by Crippen LogP contribution is -2.22. The molecule has 0 spiro atoms. The van der Waals surface area contributed by atoms with E-state index in [-0.39, 0.29) is 18.8 Å². The molecule has 118 valence electrons. The van der Waals surface area contributed by atoms with Crippen LogP contribution in [0.25, 0.3) is 0 Å². The normalized spacial score (nSPS) is 12.3. The van der Waals surface area contributed by atoms with E-state index in [2.05, 4.69) is 5.32 Å². The summed E-state index contributed by atoms with van der Waals surface area (Å²) in [5, 5.41) is 40.1. The summed E-state index contributed by atoms with van der Waals surface area (Å²) in [6.07, 6.45) is 1.84. The topological polar surface area (TPSA) is 110 Å². The number of carboxylic acid groups (broad SMARTS) is 1. The number of unbranched alkanes of at least 4 members (excludes halogenated alkanes) is 2. The molecule has 0 bridgehead atoms. The van der Waals surface area contributed by atoms with Gasteiger partial charge in [0.2, 0.25) is 0 Å². The van der Waals surface area contributed by atoms with Gasteiger partial charge in [-0.25, -0.2) is 0 Å². The summed E-state index contributed by atoms with van der Waals surface area (Å²) in [7, 11) is 0. The summed E-state index contributed by atoms with van der Waals surface area (Å²) < 4.78 is 0. The maximum Gasteiger partial charge on any atom is 0.303 e. The highest BCUT2D eigenvalue weighted by molar-refractivity contribution is 5.66. The fraction of sp³-hybridized carbons (Fsp3) is 0.533. The number of aliphatic hydroxyl groups excluding tert-OH is 2. The van der Waals surface area contributed by atoms with Crippen LogP contribution in [-0.2, 0) is 11.4 Å². The number of aliphatic hydroxyl groups is 2. The van der Waals surface area contributed by atoms with E-state index in [1.807, 2.05) is 0 Å². The molecule has 1 atom stereocenters. The highest BCUT2D eigenvalue weighted by Gasteiger charge is 2.09. The minimum atomic E-state index is -0.773. The molecular weight excluding hydrogens is 274 g/mol. The predicted octanol–water partition coefficient (Wildman–Crippen LogP) is 1.15. The van der Waals surface area contributed by atoms with Gasteiger partial charge in [0, 0.05) is 18.5 Å². The third-order valence-electron chi connectivity index (χ3n) is 3.24. The monoisotopic (exact) mass is 297 g/mol. The first kappa shape index (κ1) is 17.4. The van der Waals surface area contributed by atoms with E-state index in [0.29, 0.717) is 30.6 Å². The number of carbonyl (C=O) groups is 1. The van der Waals surface area contributed by atoms with Crippen LogP contribution in [0.5, 0.6) is 5.75 Å². The largest absolute Gasteiger partial charge is 0.508 e. The van der Waals surface area contributed by atoms with E-state index < -0.39 is 12.1 Å². The first-order valence-corrected chi connectivity index (χ1v) is 7.07. The molecule has 0 heterocycles. The van der Waals surface area contributed by atoms with Crippen molar-refractivity contribution in [1.29, 1.82) is 0 Å². The van der Waals surface area contributed by atoms with Gasteiger partial charge in [0.25, 0.3) is 0 Å². The number of hydrogen-bond donors (Lipinski definition) is 5. The first-order chi connectivity index (χ1) is 10.0. The van der Waals surface area contributed by atoms with Crippen LogP contribution < -0.4 is 5.32 Å². The maximum atomic E-state index is 10.3. The van der Waals surface area contributed by atoms with Gasteiger partial charge in [0.1, 0.15) is 5.75 Å². The van der Waals surface area contributed by atoms with Crippen molar-refractivity contribution >= 4 is 5.97 Å². The molecule has 0 fully saturated rings. The van der Waals surface area contributed by atoms with Gasteiger partial charge in [-0.2, -0.15) is 0 Å². The molecule has 6 heteroatoms. The molecule has 0 amide bonds. The Morgan fingerprint density at radius 2 is 2.00 bits per heavy atom. The van der Waals surface area contributed by atoms with Crippen LogP contribution in [0.3, 0.4) is 0 Å². The summed E-state index contributed by atoms with van der Waals surface area (Å²) in [5.41, 5.74) is 1.02. The summed E-state index contributed by atoms with van der Waals surface area (Å²) in [6.45, 7) is 0.805. The second-order valence-corrected chi connectivity index (χ2v) is 4.97.